The fraction of sp³-hybridized carbons (Fsp3) is 0.933. The van der Waals surface area contributed by atoms with Crippen molar-refractivity contribution in [1.29, 1.82) is 0 Å². The second-order valence-corrected chi connectivity index (χ2v) is 9.28. The van der Waals surface area contributed by atoms with Gasteiger partial charge < -0.3 is 9.84 Å². The summed E-state index contributed by atoms with van der Waals surface area (Å²) in [6.07, 6.45) is 5.88. The molecule has 2 bridgehead atoms. The van der Waals surface area contributed by atoms with Crippen LogP contribution in [0.25, 0.3) is 0 Å². The van der Waals surface area contributed by atoms with Gasteiger partial charge in [-0.1, -0.05) is 0 Å². The maximum absolute atomic E-state index is 12.7. The van der Waals surface area contributed by atoms with E-state index < -0.39 is 21.6 Å². The standard InChI is InChI=1S/C15H25NO5S/c1-21-15(13(17)18)6-8-16(9-7-15)22(19,20)11-14-4-2-12(10-14)3-5-14/h12H,2-11H2,1H3,(H,17,18). The summed E-state index contributed by atoms with van der Waals surface area (Å²) in [6.45, 7) is 0.476. The van der Waals surface area contributed by atoms with E-state index in [1.807, 2.05) is 0 Å². The monoisotopic (exact) mass is 331 g/mol. The quantitative estimate of drug-likeness (QED) is 0.824. The smallest absolute Gasteiger partial charge is 0.336 e. The Morgan fingerprint density at radius 3 is 2.23 bits per heavy atom. The number of rotatable bonds is 5. The molecule has 0 unspecified atom stereocenters. The maximum atomic E-state index is 12.7. The Morgan fingerprint density at radius 1 is 1.23 bits per heavy atom. The van der Waals surface area contributed by atoms with Crippen LogP contribution in [0.2, 0.25) is 0 Å². The molecule has 0 aromatic carbocycles. The van der Waals surface area contributed by atoms with Crippen LogP contribution in [0.3, 0.4) is 0 Å². The summed E-state index contributed by atoms with van der Waals surface area (Å²) in [6, 6.07) is 0. The van der Waals surface area contributed by atoms with E-state index in [4.69, 9.17) is 4.74 Å². The molecule has 3 rings (SSSR count). The van der Waals surface area contributed by atoms with Crippen LogP contribution in [0.5, 0.6) is 0 Å². The number of methoxy groups -OCH3 is 1. The third-order valence-electron chi connectivity index (χ3n) is 6.08. The molecule has 22 heavy (non-hydrogen) atoms. The molecule has 126 valence electrons. The maximum Gasteiger partial charge on any atom is 0.336 e. The topological polar surface area (TPSA) is 83.9 Å². The summed E-state index contributed by atoms with van der Waals surface area (Å²) in [5.74, 6) is -0.0337. The molecular formula is C15H25NO5S. The van der Waals surface area contributed by atoms with Crippen LogP contribution in [0.4, 0.5) is 0 Å². The van der Waals surface area contributed by atoms with Gasteiger partial charge in [0.15, 0.2) is 5.60 Å². The van der Waals surface area contributed by atoms with Crippen molar-refractivity contribution in [1.82, 2.24) is 4.31 Å². The van der Waals surface area contributed by atoms with Gasteiger partial charge in [-0.2, -0.15) is 0 Å². The van der Waals surface area contributed by atoms with Gasteiger partial charge in [-0.05, 0) is 43.4 Å². The van der Waals surface area contributed by atoms with E-state index in [0.29, 0.717) is 0 Å². The average Bonchev–Trinajstić information content (AvgIpc) is 3.06. The molecule has 3 aliphatic rings. The highest BCUT2D eigenvalue weighted by Gasteiger charge is 2.50. The van der Waals surface area contributed by atoms with Gasteiger partial charge in [0.05, 0.1) is 5.75 Å². The molecule has 1 heterocycles. The zero-order valence-corrected chi connectivity index (χ0v) is 13.9. The highest BCUT2D eigenvalue weighted by Crippen LogP contribution is 2.54. The van der Waals surface area contributed by atoms with Crippen LogP contribution in [0.1, 0.15) is 44.9 Å². The second kappa shape index (κ2) is 5.46. The molecule has 1 saturated heterocycles. The number of sulfonamides is 1. The molecule has 0 atom stereocenters. The zero-order chi connectivity index (χ0) is 16.0. The van der Waals surface area contributed by atoms with Crippen molar-refractivity contribution in [3.63, 3.8) is 0 Å². The first-order valence-electron chi connectivity index (χ1n) is 8.07. The van der Waals surface area contributed by atoms with Crippen molar-refractivity contribution in [3.05, 3.63) is 0 Å². The van der Waals surface area contributed by atoms with Crippen molar-refractivity contribution in [2.75, 3.05) is 26.0 Å². The summed E-state index contributed by atoms with van der Waals surface area (Å²) >= 11 is 0. The van der Waals surface area contributed by atoms with Gasteiger partial charge in [-0.3, -0.25) is 0 Å². The molecule has 7 heteroatoms. The van der Waals surface area contributed by atoms with E-state index in [-0.39, 0.29) is 37.1 Å². The highest BCUT2D eigenvalue weighted by molar-refractivity contribution is 7.89. The Kier molecular flexibility index (Phi) is 4.02. The number of hydrogen-bond donors (Lipinski definition) is 1. The van der Waals surface area contributed by atoms with E-state index in [1.54, 1.807) is 0 Å². The summed E-state index contributed by atoms with van der Waals surface area (Å²) in [5, 5.41) is 9.30. The lowest BCUT2D eigenvalue weighted by atomic mass is 9.87. The molecule has 0 radical (unpaired) electrons. The molecule has 0 aromatic rings. The molecule has 0 amide bonds. The van der Waals surface area contributed by atoms with Crippen LogP contribution < -0.4 is 0 Å². The molecule has 2 aliphatic carbocycles. The van der Waals surface area contributed by atoms with Gasteiger partial charge in [0.1, 0.15) is 0 Å². The lowest BCUT2D eigenvalue weighted by molar-refractivity contribution is -0.166. The van der Waals surface area contributed by atoms with Gasteiger partial charge >= 0.3 is 5.97 Å². The van der Waals surface area contributed by atoms with Crippen molar-refractivity contribution in [3.8, 4) is 0 Å². The van der Waals surface area contributed by atoms with E-state index in [2.05, 4.69) is 0 Å². The third-order valence-corrected chi connectivity index (χ3v) is 8.21. The van der Waals surface area contributed by atoms with Gasteiger partial charge in [-0.25, -0.2) is 17.5 Å². The number of aliphatic carboxylic acids is 1. The first kappa shape index (κ1) is 16.2. The Hall–Kier alpha value is -0.660. The van der Waals surface area contributed by atoms with Crippen LogP contribution in [-0.2, 0) is 19.6 Å². The van der Waals surface area contributed by atoms with E-state index in [9.17, 15) is 18.3 Å². The van der Waals surface area contributed by atoms with Crippen molar-refractivity contribution in [2.45, 2.75) is 50.5 Å². The first-order valence-corrected chi connectivity index (χ1v) is 9.68. The summed E-state index contributed by atoms with van der Waals surface area (Å²) in [5.41, 5.74) is -1.23. The van der Waals surface area contributed by atoms with E-state index in [0.717, 1.165) is 25.2 Å². The molecule has 0 aromatic heterocycles. The number of carboxylic acid groups (broad SMARTS) is 1. The van der Waals surface area contributed by atoms with Crippen LogP contribution in [0, 0.1) is 11.3 Å². The average molecular weight is 331 g/mol. The first-order chi connectivity index (χ1) is 10.3. The fourth-order valence-corrected chi connectivity index (χ4v) is 6.72. The fourth-order valence-electron chi connectivity index (χ4n) is 4.62. The number of hydrogen-bond acceptors (Lipinski definition) is 4. The Balaban J connectivity index is 1.66. The number of nitrogens with zero attached hydrogens (tertiary/aromatic N) is 1. The van der Waals surface area contributed by atoms with Crippen molar-refractivity contribution < 1.29 is 23.1 Å². The Bertz CT molecular complexity index is 542. The van der Waals surface area contributed by atoms with Crippen LogP contribution in [0.15, 0.2) is 0 Å². The lowest BCUT2D eigenvalue weighted by Crippen LogP contribution is -2.53. The van der Waals surface area contributed by atoms with Gasteiger partial charge in [0.2, 0.25) is 10.0 Å². The number of fused-ring (bicyclic) bond motifs is 2. The highest BCUT2D eigenvalue weighted by atomic mass is 32.2. The SMILES string of the molecule is COC1(C(=O)O)CCN(S(=O)(=O)CC23CCC(CC2)C3)CC1. The van der Waals surface area contributed by atoms with E-state index in [1.165, 1.54) is 24.3 Å². The molecule has 1 N–H and O–H groups in total. The molecule has 3 fully saturated rings. The van der Waals surface area contributed by atoms with Gasteiger partial charge in [0.25, 0.3) is 0 Å². The third kappa shape index (κ3) is 2.67. The number of ether oxygens (including phenoxy) is 1. The molecule has 0 spiro atoms. The summed E-state index contributed by atoms with van der Waals surface area (Å²) < 4.78 is 32.1. The minimum Gasteiger partial charge on any atom is -0.479 e. The lowest BCUT2D eigenvalue weighted by Gasteiger charge is -2.38. The zero-order valence-electron chi connectivity index (χ0n) is 13.1. The normalized spacial score (nSPS) is 34.9. The molecular weight excluding hydrogens is 306 g/mol. The number of carboxylic acids is 1. The summed E-state index contributed by atoms with van der Waals surface area (Å²) in [7, 11) is -1.93. The molecule has 6 nitrogen and oxygen atoms in total. The van der Waals surface area contributed by atoms with Gasteiger partial charge in [-0.15, -0.1) is 0 Å². The Labute approximate surface area is 131 Å². The number of piperidine rings is 1. The van der Waals surface area contributed by atoms with Gasteiger partial charge in [0, 0.05) is 33.0 Å². The molecule has 2 saturated carbocycles. The minimum atomic E-state index is -3.31. The predicted octanol–water partition coefficient (Wildman–Crippen LogP) is 1.46. The second-order valence-electron chi connectivity index (χ2n) is 7.31. The van der Waals surface area contributed by atoms with E-state index >= 15 is 0 Å². The predicted molar refractivity (Wildman–Crippen MR) is 81.0 cm³/mol. The van der Waals surface area contributed by atoms with Crippen molar-refractivity contribution >= 4 is 16.0 Å². The number of carbonyl (C=O) groups is 1. The molecule has 1 aliphatic heterocycles. The Morgan fingerprint density at radius 2 is 1.82 bits per heavy atom. The summed E-state index contributed by atoms with van der Waals surface area (Å²) in [4.78, 5) is 11.4. The largest absolute Gasteiger partial charge is 0.479 e. The van der Waals surface area contributed by atoms with Crippen LogP contribution in [-0.4, -0.2) is 55.4 Å². The van der Waals surface area contributed by atoms with Crippen LogP contribution >= 0.6 is 0 Å². The van der Waals surface area contributed by atoms with Crippen molar-refractivity contribution in [2.24, 2.45) is 11.3 Å². The minimum absolute atomic E-state index is 0.00785.